The van der Waals surface area contributed by atoms with Crippen molar-refractivity contribution >= 4 is 32.5 Å². The number of nitrogens with zero attached hydrogens (tertiary/aromatic N) is 2. The average molecular weight is 646 g/mol. The summed E-state index contributed by atoms with van der Waals surface area (Å²) in [7, 11) is -3.96. The minimum atomic E-state index is -3.96. The number of sulfone groups is 1. The standard InChI is InChI=1S/C36H43N3O4S2/c1-3-4-22-43-28-10-13-30(14-11-28)45(41,42)35-24-31(32-23-29(44-2)12-15-34(32)38-35)33-25-39(27-16-19-37-20-17-27)21-18-36(33,40)26-8-6-5-7-9-26/h5-15,23-24,27,33,37,40H,3-4,16-22,25H2,1-2H3. The van der Waals surface area contributed by atoms with E-state index in [4.69, 9.17) is 9.72 Å². The van der Waals surface area contributed by atoms with Crippen LogP contribution in [0.5, 0.6) is 5.75 Å². The van der Waals surface area contributed by atoms with Gasteiger partial charge in [0, 0.05) is 35.3 Å². The number of nitrogens with one attached hydrogen (secondary N) is 1. The van der Waals surface area contributed by atoms with Crippen LogP contribution in [0.2, 0.25) is 0 Å². The van der Waals surface area contributed by atoms with Crippen LogP contribution in [-0.2, 0) is 15.4 Å². The molecule has 0 aliphatic carbocycles. The normalized spacial score (nSPS) is 21.6. The van der Waals surface area contributed by atoms with Gasteiger partial charge in [-0.25, -0.2) is 13.4 Å². The minimum Gasteiger partial charge on any atom is -0.494 e. The van der Waals surface area contributed by atoms with E-state index in [1.165, 1.54) is 0 Å². The van der Waals surface area contributed by atoms with Crippen LogP contribution in [0.3, 0.4) is 0 Å². The van der Waals surface area contributed by atoms with Gasteiger partial charge in [-0.05, 0) is 105 Å². The second-order valence-electron chi connectivity index (χ2n) is 12.2. The van der Waals surface area contributed by atoms with E-state index in [2.05, 4.69) is 23.2 Å². The number of benzene rings is 3. The molecule has 2 atom stereocenters. The summed E-state index contributed by atoms with van der Waals surface area (Å²) in [5.74, 6) is 0.279. The van der Waals surface area contributed by atoms with Crippen LogP contribution < -0.4 is 10.1 Å². The number of thioether (sulfide) groups is 1. The van der Waals surface area contributed by atoms with Crippen LogP contribution in [0.1, 0.15) is 56.1 Å². The van der Waals surface area contributed by atoms with Crippen molar-refractivity contribution in [2.45, 2.75) is 71.4 Å². The lowest BCUT2D eigenvalue weighted by molar-refractivity contribution is -0.0584. The Morgan fingerprint density at radius 2 is 1.80 bits per heavy atom. The number of hydrogen-bond donors (Lipinski definition) is 2. The lowest BCUT2D eigenvalue weighted by atomic mass is 9.71. The molecule has 238 valence electrons. The first kappa shape index (κ1) is 32.0. The summed E-state index contributed by atoms with van der Waals surface area (Å²) in [6.45, 7) is 6.07. The molecule has 0 spiro atoms. The number of unbranched alkanes of at least 4 members (excludes halogenated alkanes) is 1. The molecule has 0 amide bonds. The van der Waals surface area contributed by atoms with Crippen molar-refractivity contribution in [1.29, 1.82) is 0 Å². The summed E-state index contributed by atoms with van der Waals surface area (Å²) < 4.78 is 34.1. The fraction of sp³-hybridized carbons (Fsp3) is 0.417. The summed E-state index contributed by atoms with van der Waals surface area (Å²) in [5.41, 5.74) is 1.11. The summed E-state index contributed by atoms with van der Waals surface area (Å²) >= 11 is 1.64. The zero-order valence-corrected chi connectivity index (χ0v) is 27.7. The highest BCUT2D eigenvalue weighted by molar-refractivity contribution is 7.98. The highest BCUT2D eigenvalue weighted by Crippen LogP contribution is 2.47. The summed E-state index contributed by atoms with van der Waals surface area (Å²) in [5, 5.41) is 17.0. The van der Waals surface area contributed by atoms with Crippen LogP contribution in [0.15, 0.2) is 93.7 Å². The number of hydrogen-bond acceptors (Lipinski definition) is 8. The number of piperidine rings is 2. The quantitative estimate of drug-likeness (QED) is 0.151. The topological polar surface area (TPSA) is 91.8 Å². The average Bonchev–Trinajstić information content (AvgIpc) is 3.09. The van der Waals surface area contributed by atoms with Crippen molar-refractivity contribution in [3.8, 4) is 5.75 Å². The van der Waals surface area contributed by atoms with E-state index in [0.717, 1.165) is 66.7 Å². The lowest BCUT2D eigenvalue weighted by Crippen LogP contribution is -2.53. The lowest BCUT2D eigenvalue weighted by Gasteiger charge is -2.48. The molecule has 4 aromatic rings. The van der Waals surface area contributed by atoms with Crippen molar-refractivity contribution in [3.05, 3.63) is 90.0 Å². The van der Waals surface area contributed by atoms with Gasteiger partial charge in [0.25, 0.3) is 0 Å². The molecule has 2 N–H and O–H groups in total. The Bertz CT molecular complexity index is 1710. The van der Waals surface area contributed by atoms with E-state index in [-0.39, 0.29) is 15.8 Å². The van der Waals surface area contributed by atoms with Crippen LogP contribution in [0, 0.1) is 0 Å². The fourth-order valence-electron chi connectivity index (χ4n) is 6.83. The molecule has 2 fully saturated rings. The van der Waals surface area contributed by atoms with Gasteiger partial charge < -0.3 is 15.2 Å². The molecule has 1 aromatic heterocycles. The number of fused-ring (bicyclic) bond motifs is 1. The van der Waals surface area contributed by atoms with Crippen LogP contribution >= 0.6 is 11.8 Å². The zero-order valence-electron chi connectivity index (χ0n) is 26.1. The number of aromatic nitrogens is 1. The minimum absolute atomic E-state index is 0.00375. The Morgan fingerprint density at radius 1 is 1.04 bits per heavy atom. The van der Waals surface area contributed by atoms with E-state index < -0.39 is 15.4 Å². The van der Waals surface area contributed by atoms with Gasteiger partial charge >= 0.3 is 0 Å². The molecular formula is C36H43N3O4S2. The predicted octanol–water partition coefficient (Wildman–Crippen LogP) is 6.40. The summed E-state index contributed by atoms with van der Waals surface area (Å²) in [4.78, 5) is 8.48. The number of ether oxygens (including phenoxy) is 1. The molecule has 9 heteroatoms. The Hall–Kier alpha value is -2.95. The van der Waals surface area contributed by atoms with Gasteiger partial charge in [0.15, 0.2) is 5.03 Å². The van der Waals surface area contributed by atoms with Gasteiger partial charge in [0.2, 0.25) is 9.84 Å². The molecule has 0 radical (unpaired) electrons. The van der Waals surface area contributed by atoms with E-state index in [9.17, 15) is 13.5 Å². The maximum atomic E-state index is 14.2. The second-order valence-corrected chi connectivity index (χ2v) is 15.0. The zero-order chi connectivity index (χ0) is 31.4. The van der Waals surface area contributed by atoms with E-state index in [1.54, 1.807) is 42.1 Å². The van der Waals surface area contributed by atoms with Crippen molar-refractivity contribution in [2.24, 2.45) is 0 Å². The van der Waals surface area contributed by atoms with Crippen LogP contribution in [0.4, 0.5) is 0 Å². The first-order valence-corrected chi connectivity index (χ1v) is 18.7. The molecule has 7 nitrogen and oxygen atoms in total. The van der Waals surface area contributed by atoms with Crippen molar-refractivity contribution in [1.82, 2.24) is 15.2 Å². The summed E-state index contributed by atoms with van der Waals surface area (Å²) in [6, 6.07) is 24.6. The molecule has 2 aliphatic heterocycles. The molecular weight excluding hydrogens is 603 g/mol. The van der Waals surface area contributed by atoms with Gasteiger partial charge in [-0.1, -0.05) is 43.7 Å². The molecule has 2 aliphatic rings. The highest BCUT2D eigenvalue weighted by atomic mass is 32.2. The van der Waals surface area contributed by atoms with Crippen LogP contribution in [-0.4, -0.2) is 68.5 Å². The monoisotopic (exact) mass is 645 g/mol. The maximum absolute atomic E-state index is 14.2. The van der Waals surface area contributed by atoms with Gasteiger partial charge in [0.1, 0.15) is 5.75 Å². The molecule has 45 heavy (non-hydrogen) atoms. The molecule has 6 rings (SSSR count). The predicted molar refractivity (Wildman–Crippen MR) is 181 cm³/mol. The second kappa shape index (κ2) is 13.8. The Kier molecular flexibility index (Phi) is 9.82. The van der Waals surface area contributed by atoms with Gasteiger partial charge in [-0.3, -0.25) is 4.90 Å². The fourth-order valence-corrected chi connectivity index (χ4v) is 8.50. The Balaban J connectivity index is 1.47. The van der Waals surface area contributed by atoms with Crippen molar-refractivity contribution in [3.63, 3.8) is 0 Å². The molecule has 3 heterocycles. The van der Waals surface area contributed by atoms with Crippen molar-refractivity contribution in [2.75, 3.05) is 39.0 Å². The van der Waals surface area contributed by atoms with Crippen LogP contribution in [0.25, 0.3) is 10.9 Å². The number of likely N-dealkylation sites (tertiary alicyclic amines) is 1. The largest absolute Gasteiger partial charge is 0.494 e. The van der Waals surface area contributed by atoms with Gasteiger partial charge in [-0.2, -0.15) is 0 Å². The first-order chi connectivity index (χ1) is 21.8. The molecule has 2 unspecified atom stereocenters. The van der Waals surface area contributed by atoms with E-state index >= 15 is 0 Å². The van der Waals surface area contributed by atoms with Crippen molar-refractivity contribution < 1.29 is 18.3 Å². The SMILES string of the molecule is CCCCOc1ccc(S(=O)(=O)c2cc(C3CN(C4CCNCC4)CCC3(O)c3ccccc3)c3cc(SC)ccc3n2)cc1. The first-order valence-electron chi connectivity index (χ1n) is 16.0. The smallest absolute Gasteiger partial charge is 0.223 e. The summed E-state index contributed by atoms with van der Waals surface area (Å²) in [6.07, 6.45) is 6.66. The highest BCUT2D eigenvalue weighted by Gasteiger charge is 2.46. The number of aliphatic hydroxyl groups is 1. The Morgan fingerprint density at radius 3 is 2.51 bits per heavy atom. The molecule has 0 saturated carbocycles. The molecule has 2 saturated heterocycles. The molecule has 3 aromatic carbocycles. The maximum Gasteiger partial charge on any atom is 0.223 e. The third-order valence-electron chi connectivity index (χ3n) is 9.45. The van der Waals surface area contributed by atoms with E-state index in [0.29, 0.717) is 36.9 Å². The van der Waals surface area contributed by atoms with E-state index in [1.807, 2.05) is 48.7 Å². The number of pyridine rings is 1. The third kappa shape index (κ3) is 6.65. The number of rotatable bonds is 10. The Labute approximate surface area is 271 Å². The van der Waals surface area contributed by atoms with Gasteiger partial charge in [-0.15, -0.1) is 11.8 Å². The molecule has 0 bridgehead atoms. The van der Waals surface area contributed by atoms with Gasteiger partial charge in [0.05, 0.1) is 22.6 Å². The third-order valence-corrected chi connectivity index (χ3v) is 11.8.